The van der Waals surface area contributed by atoms with Crippen molar-refractivity contribution in [2.75, 3.05) is 12.4 Å². The molecule has 34 heavy (non-hydrogen) atoms. The van der Waals surface area contributed by atoms with Gasteiger partial charge in [-0.25, -0.2) is 17.8 Å². The second-order valence-corrected chi connectivity index (χ2v) is 10.5. The van der Waals surface area contributed by atoms with E-state index in [4.69, 9.17) is 0 Å². The summed E-state index contributed by atoms with van der Waals surface area (Å²) in [7, 11) is -2.13. The molecule has 1 amide bonds. The number of rotatable bonds is 8. The molecule has 1 heterocycles. The lowest BCUT2D eigenvalue weighted by Gasteiger charge is -2.17. The maximum absolute atomic E-state index is 13.1. The fraction of sp³-hybridized carbons (Fsp3) is 0.120. The number of amides is 1. The number of aromatic nitrogens is 1. The number of thiazole rings is 1. The first-order valence-electron chi connectivity index (χ1n) is 10.4. The molecule has 1 N–H and O–H groups in total. The zero-order chi connectivity index (χ0) is 24.1. The molecule has 0 unspecified atom stereocenters. The molecular formula is C25H22FN3O3S2. The molecule has 0 fully saturated rings. The van der Waals surface area contributed by atoms with E-state index in [2.05, 4.69) is 10.3 Å². The Morgan fingerprint density at radius 3 is 2.35 bits per heavy atom. The predicted molar refractivity (Wildman–Crippen MR) is 131 cm³/mol. The van der Waals surface area contributed by atoms with E-state index in [0.717, 1.165) is 11.1 Å². The van der Waals surface area contributed by atoms with Crippen LogP contribution in [-0.2, 0) is 27.8 Å². The van der Waals surface area contributed by atoms with Gasteiger partial charge in [-0.3, -0.25) is 4.79 Å². The highest BCUT2D eigenvalue weighted by atomic mass is 32.2. The summed E-state index contributed by atoms with van der Waals surface area (Å²) in [6.45, 7) is 0.259. The monoisotopic (exact) mass is 495 g/mol. The van der Waals surface area contributed by atoms with E-state index in [9.17, 15) is 17.6 Å². The molecular weight excluding hydrogens is 473 g/mol. The van der Waals surface area contributed by atoms with Crippen LogP contribution in [0.3, 0.4) is 0 Å². The number of carbonyl (C=O) groups excluding carboxylic acids is 1. The average molecular weight is 496 g/mol. The summed E-state index contributed by atoms with van der Waals surface area (Å²) in [4.78, 5) is 17.0. The second-order valence-electron chi connectivity index (χ2n) is 7.65. The van der Waals surface area contributed by atoms with Crippen LogP contribution < -0.4 is 5.32 Å². The van der Waals surface area contributed by atoms with Crippen LogP contribution in [0, 0.1) is 5.82 Å². The van der Waals surface area contributed by atoms with Crippen molar-refractivity contribution < 1.29 is 17.6 Å². The minimum atomic E-state index is -3.67. The number of hydrogen-bond donors (Lipinski definition) is 1. The SMILES string of the molecule is CN(Cc1ccccc1)S(=O)(=O)c1ccc(NC(=O)Cc2csc(-c3ccc(F)cc3)n2)cc1. The van der Waals surface area contributed by atoms with Crippen molar-refractivity contribution in [1.82, 2.24) is 9.29 Å². The van der Waals surface area contributed by atoms with Crippen molar-refractivity contribution in [3.63, 3.8) is 0 Å². The Morgan fingerprint density at radius 2 is 1.68 bits per heavy atom. The van der Waals surface area contributed by atoms with Crippen molar-refractivity contribution in [3.05, 3.63) is 101 Å². The van der Waals surface area contributed by atoms with Gasteiger partial charge in [0.05, 0.1) is 17.0 Å². The van der Waals surface area contributed by atoms with Crippen LogP contribution in [0.1, 0.15) is 11.3 Å². The topological polar surface area (TPSA) is 79.4 Å². The first-order valence-corrected chi connectivity index (χ1v) is 12.7. The zero-order valence-electron chi connectivity index (χ0n) is 18.3. The molecule has 6 nitrogen and oxygen atoms in total. The van der Waals surface area contributed by atoms with Crippen molar-refractivity contribution in [2.45, 2.75) is 17.9 Å². The Hall–Kier alpha value is -3.40. The highest BCUT2D eigenvalue weighted by Gasteiger charge is 2.21. The normalized spacial score (nSPS) is 11.5. The third-order valence-electron chi connectivity index (χ3n) is 5.08. The number of nitrogens with zero attached hydrogens (tertiary/aromatic N) is 2. The van der Waals surface area contributed by atoms with Gasteiger partial charge in [-0.2, -0.15) is 4.31 Å². The minimum absolute atomic E-state index is 0.0670. The first kappa shape index (κ1) is 23.7. The standard InChI is InChI=1S/C25H22FN3O3S2/c1-29(16-18-5-3-2-4-6-18)34(31,32)23-13-11-21(12-14-23)27-24(30)15-22-17-33-25(28-22)19-7-9-20(26)10-8-19/h2-14,17H,15-16H2,1H3,(H,27,30). The maximum Gasteiger partial charge on any atom is 0.243 e. The molecule has 0 spiro atoms. The molecule has 3 aromatic carbocycles. The predicted octanol–water partition coefficient (Wildman–Crippen LogP) is 4.95. The summed E-state index contributed by atoms with van der Waals surface area (Å²) in [6, 6.07) is 21.4. The average Bonchev–Trinajstić information content (AvgIpc) is 3.28. The van der Waals surface area contributed by atoms with Gasteiger partial charge >= 0.3 is 0 Å². The fourth-order valence-electron chi connectivity index (χ4n) is 3.30. The summed E-state index contributed by atoms with van der Waals surface area (Å²) >= 11 is 1.38. The van der Waals surface area contributed by atoms with Crippen LogP contribution in [0.15, 0.2) is 89.1 Å². The Labute approximate surface area is 201 Å². The number of anilines is 1. The number of halogens is 1. The van der Waals surface area contributed by atoms with Gasteiger partial charge in [-0.15, -0.1) is 11.3 Å². The molecule has 0 aliphatic rings. The first-order chi connectivity index (χ1) is 16.3. The Kier molecular flexibility index (Phi) is 7.16. The van der Waals surface area contributed by atoms with Crippen molar-refractivity contribution in [2.24, 2.45) is 0 Å². The summed E-state index contributed by atoms with van der Waals surface area (Å²) in [5, 5.41) is 5.26. The number of hydrogen-bond acceptors (Lipinski definition) is 5. The lowest BCUT2D eigenvalue weighted by Crippen LogP contribution is -2.26. The quantitative estimate of drug-likeness (QED) is 0.375. The fourth-order valence-corrected chi connectivity index (χ4v) is 5.28. The molecule has 0 atom stereocenters. The molecule has 0 aliphatic carbocycles. The summed E-state index contributed by atoms with van der Waals surface area (Å²) < 4.78 is 40.1. The number of carbonyl (C=O) groups is 1. The lowest BCUT2D eigenvalue weighted by molar-refractivity contribution is -0.115. The Morgan fingerprint density at radius 1 is 1.00 bits per heavy atom. The van der Waals surface area contributed by atoms with E-state index in [1.807, 2.05) is 30.3 Å². The molecule has 0 radical (unpaired) electrons. The van der Waals surface area contributed by atoms with E-state index >= 15 is 0 Å². The van der Waals surface area contributed by atoms with Gasteiger partial charge in [0, 0.05) is 30.2 Å². The van der Waals surface area contributed by atoms with Gasteiger partial charge in [-0.1, -0.05) is 30.3 Å². The molecule has 0 saturated carbocycles. The third-order valence-corrected chi connectivity index (χ3v) is 7.84. The third kappa shape index (κ3) is 5.74. The number of nitrogens with one attached hydrogen (secondary N) is 1. The van der Waals surface area contributed by atoms with Crippen molar-refractivity contribution in [3.8, 4) is 10.6 Å². The van der Waals surface area contributed by atoms with Crippen LogP contribution in [0.5, 0.6) is 0 Å². The van der Waals surface area contributed by atoms with Crippen LogP contribution in [0.4, 0.5) is 10.1 Å². The zero-order valence-corrected chi connectivity index (χ0v) is 19.9. The molecule has 4 rings (SSSR count). The van der Waals surface area contributed by atoms with Gasteiger partial charge < -0.3 is 5.32 Å². The highest BCUT2D eigenvalue weighted by Crippen LogP contribution is 2.24. The van der Waals surface area contributed by atoms with E-state index in [0.29, 0.717) is 16.4 Å². The molecule has 0 aliphatic heterocycles. The van der Waals surface area contributed by atoms with Crippen LogP contribution in [0.2, 0.25) is 0 Å². The smallest absolute Gasteiger partial charge is 0.243 e. The minimum Gasteiger partial charge on any atom is -0.326 e. The summed E-state index contributed by atoms with van der Waals surface area (Å²) in [5.74, 6) is -0.589. The Balaban J connectivity index is 1.37. The largest absolute Gasteiger partial charge is 0.326 e. The molecule has 4 aromatic rings. The van der Waals surface area contributed by atoms with E-state index in [-0.39, 0.29) is 29.6 Å². The Bertz CT molecular complexity index is 1370. The molecule has 1 aromatic heterocycles. The molecule has 9 heteroatoms. The van der Waals surface area contributed by atoms with Crippen LogP contribution >= 0.6 is 11.3 Å². The van der Waals surface area contributed by atoms with Crippen LogP contribution in [-0.4, -0.2) is 30.7 Å². The van der Waals surface area contributed by atoms with Gasteiger partial charge in [0.2, 0.25) is 15.9 Å². The van der Waals surface area contributed by atoms with Gasteiger partial charge in [-0.05, 0) is 54.1 Å². The molecule has 174 valence electrons. The second kappa shape index (κ2) is 10.3. The van der Waals surface area contributed by atoms with Gasteiger partial charge in [0.15, 0.2) is 0 Å². The van der Waals surface area contributed by atoms with Gasteiger partial charge in [0.25, 0.3) is 0 Å². The molecule has 0 bridgehead atoms. The lowest BCUT2D eigenvalue weighted by atomic mass is 10.2. The van der Waals surface area contributed by atoms with Crippen LogP contribution in [0.25, 0.3) is 10.6 Å². The van der Waals surface area contributed by atoms with E-state index in [1.54, 1.807) is 29.6 Å². The van der Waals surface area contributed by atoms with Crippen molar-refractivity contribution >= 4 is 33.0 Å². The van der Waals surface area contributed by atoms with Crippen molar-refractivity contribution in [1.29, 1.82) is 0 Å². The van der Waals surface area contributed by atoms with E-state index < -0.39 is 10.0 Å². The van der Waals surface area contributed by atoms with Gasteiger partial charge in [0.1, 0.15) is 10.8 Å². The highest BCUT2D eigenvalue weighted by molar-refractivity contribution is 7.89. The summed E-state index contributed by atoms with van der Waals surface area (Å²) in [6.07, 6.45) is 0.0670. The summed E-state index contributed by atoms with van der Waals surface area (Å²) in [5.41, 5.74) is 2.77. The maximum atomic E-state index is 13.1. The molecule has 0 saturated heterocycles. The van der Waals surface area contributed by atoms with E-state index in [1.165, 1.54) is 47.0 Å². The number of sulfonamides is 1. The number of benzene rings is 3.